The summed E-state index contributed by atoms with van der Waals surface area (Å²) in [6.07, 6.45) is -1.46. The Morgan fingerprint density at radius 3 is 2.73 bits per heavy atom. The van der Waals surface area contributed by atoms with Gasteiger partial charge in [0.1, 0.15) is 6.10 Å². The van der Waals surface area contributed by atoms with E-state index in [4.69, 9.17) is 9.84 Å². The van der Waals surface area contributed by atoms with Crippen LogP contribution in [0.25, 0.3) is 10.4 Å². The quantitative estimate of drug-likeness (QED) is 0.695. The van der Waals surface area contributed by atoms with Crippen LogP contribution in [0.2, 0.25) is 0 Å². The Morgan fingerprint density at radius 2 is 2.12 bits per heavy atom. The molecule has 1 fully saturated rings. The predicted octanol–water partition coefficient (Wildman–Crippen LogP) is 2.72. The van der Waals surface area contributed by atoms with Gasteiger partial charge in [-0.1, -0.05) is 24.3 Å². The van der Waals surface area contributed by atoms with Crippen LogP contribution >= 0.6 is 11.3 Å². The average molecular weight is 375 g/mol. The molecule has 0 bridgehead atoms. The number of ether oxygens (including phenoxy) is 1. The van der Waals surface area contributed by atoms with Crippen LogP contribution in [0.15, 0.2) is 29.8 Å². The Balaban J connectivity index is 1.58. The summed E-state index contributed by atoms with van der Waals surface area (Å²) in [6.45, 7) is 4.26. The second-order valence-electron chi connectivity index (χ2n) is 6.32. The number of nitrogens with zero attached hydrogens (tertiary/aromatic N) is 1. The number of benzene rings is 1. The van der Waals surface area contributed by atoms with Gasteiger partial charge in [0.05, 0.1) is 28.2 Å². The van der Waals surface area contributed by atoms with Crippen molar-refractivity contribution in [3.8, 4) is 10.4 Å². The number of carbonyl (C=O) groups excluding carboxylic acids is 1. The van der Waals surface area contributed by atoms with Gasteiger partial charge in [-0.25, -0.2) is 9.78 Å². The topological polar surface area (TPSA) is 101 Å². The first-order valence-corrected chi connectivity index (χ1v) is 9.25. The molecule has 1 amide bonds. The van der Waals surface area contributed by atoms with Gasteiger partial charge in [-0.2, -0.15) is 0 Å². The van der Waals surface area contributed by atoms with E-state index in [0.717, 1.165) is 21.7 Å². The fraction of sp³-hybridized carbons (Fsp3) is 0.389. The molecule has 1 aliphatic rings. The van der Waals surface area contributed by atoms with Crippen LogP contribution < -0.4 is 10.6 Å². The van der Waals surface area contributed by atoms with Crippen LogP contribution in [0.4, 0.5) is 4.79 Å². The lowest BCUT2D eigenvalue weighted by molar-refractivity contribution is -0.123. The number of aromatic nitrogens is 1. The minimum atomic E-state index is -1.32. The summed E-state index contributed by atoms with van der Waals surface area (Å²) in [5.74, 6) is -0.156. The van der Waals surface area contributed by atoms with Gasteiger partial charge in [0, 0.05) is 13.0 Å². The summed E-state index contributed by atoms with van der Waals surface area (Å²) >= 11 is 1.61. The third-order valence-corrected chi connectivity index (χ3v) is 5.43. The first kappa shape index (κ1) is 18.3. The molecule has 26 heavy (non-hydrogen) atoms. The van der Waals surface area contributed by atoms with Gasteiger partial charge in [-0.15, -0.1) is 11.3 Å². The fourth-order valence-electron chi connectivity index (χ4n) is 3.03. The van der Waals surface area contributed by atoms with Gasteiger partial charge in [0.15, 0.2) is 0 Å². The normalized spacial score (nSPS) is 20.5. The van der Waals surface area contributed by atoms with Crippen molar-refractivity contribution in [2.24, 2.45) is 0 Å². The van der Waals surface area contributed by atoms with Crippen molar-refractivity contribution in [3.63, 3.8) is 0 Å². The summed E-state index contributed by atoms with van der Waals surface area (Å²) in [6, 6.07) is 7.46. The van der Waals surface area contributed by atoms with E-state index in [2.05, 4.69) is 15.6 Å². The molecule has 0 spiro atoms. The Bertz CT molecular complexity index is 790. The van der Waals surface area contributed by atoms with E-state index in [1.165, 1.54) is 0 Å². The molecule has 1 aliphatic heterocycles. The first-order valence-electron chi connectivity index (χ1n) is 8.38. The first-order chi connectivity index (χ1) is 12.4. The van der Waals surface area contributed by atoms with Crippen LogP contribution in [-0.2, 0) is 9.53 Å². The number of carbonyl (C=O) groups is 2. The van der Waals surface area contributed by atoms with E-state index in [1.54, 1.807) is 11.3 Å². The molecule has 3 atom stereocenters. The van der Waals surface area contributed by atoms with Crippen molar-refractivity contribution in [1.29, 1.82) is 0 Å². The van der Waals surface area contributed by atoms with Crippen LogP contribution in [-0.4, -0.2) is 40.8 Å². The molecule has 2 aromatic rings. The van der Waals surface area contributed by atoms with Gasteiger partial charge in [-0.05, 0) is 25.0 Å². The van der Waals surface area contributed by atoms with Crippen molar-refractivity contribution < 1.29 is 19.4 Å². The van der Waals surface area contributed by atoms with E-state index in [0.29, 0.717) is 13.0 Å². The summed E-state index contributed by atoms with van der Waals surface area (Å²) in [4.78, 5) is 28.4. The average Bonchev–Trinajstić information content (AvgIpc) is 3.23. The highest BCUT2D eigenvalue weighted by Crippen LogP contribution is 2.28. The molecule has 2 heterocycles. The molecule has 1 aromatic carbocycles. The van der Waals surface area contributed by atoms with Crippen LogP contribution in [0, 0.1) is 6.92 Å². The van der Waals surface area contributed by atoms with Crippen molar-refractivity contribution in [1.82, 2.24) is 15.6 Å². The molecule has 0 radical (unpaired) electrons. The van der Waals surface area contributed by atoms with E-state index >= 15 is 0 Å². The highest BCUT2D eigenvalue weighted by atomic mass is 32.1. The van der Waals surface area contributed by atoms with Crippen molar-refractivity contribution in [2.75, 3.05) is 6.54 Å². The van der Waals surface area contributed by atoms with Crippen LogP contribution in [0.1, 0.15) is 30.6 Å². The third kappa shape index (κ3) is 4.20. The summed E-state index contributed by atoms with van der Waals surface area (Å²) in [5, 5.41) is 14.6. The molecule has 0 unspecified atom stereocenters. The maximum absolute atomic E-state index is 12.4. The number of thiazole rings is 1. The largest absolute Gasteiger partial charge is 0.506 e. The number of nitrogens with one attached hydrogen (secondary N) is 2. The van der Waals surface area contributed by atoms with Crippen molar-refractivity contribution in [3.05, 3.63) is 41.0 Å². The highest BCUT2D eigenvalue weighted by Gasteiger charge is 2.32. The molecule has 1 aromatic heterocycles. The molecule has 0 saturated carbocycles. The SMILES string of the molecule is Cc1ncsc1-c1ccc([C@H](C)NC(=O)[C@@H]2C[C@@H](OC(=O)O)CN2)cc1. The van der Waals surface area contributed by atoms with Gasteiger partial charge >= 0.3 is 6.16 Å². The summed E-state index contributed by atoms with van der Waals surface area (Å²) in [7, 11) is 0. The number of hydrogen-bond donors (Lipinski definition) is 3. The molecule has 8 heteroatoms. The minimum Gasteiger partial charge on any atom is -0.450 e. The highest BCUT2D eigenvalue weighted by molar-refractivity contribution is 7.13. The second-order valence-corrected chi connectivity index (χ2v) is 7.18. The third-order valence-electron chi connectivity index (χ3n) is 4.45. The maximum atomic E-state index is 12.4. The van der Waals surface area contributed by atoms with Gasteiger partial charge in [0.25, 0.3) is 0 Å². The number of rotatable bonds is 5. The smallest absolute Gasteiger partial charge is 0.450 e. The maximum Gasteiger partial charge on any atom is 0.506 e. The standard InChI is InChI=1S/C18H21N3O4S/c1-10(21-17(22)15-7-14(8-19-15)25-18(23)24)12-3-5-13(6-4-12)16-11(2)20-9-26-16/h3-6,9-10,14-15,19H,7-8H2,1-2H3,(H,21,22)(H,23,24)/t10-,14+,15-/m0/s1. The zero-order chi connectivity index (χ0) is 18.7. The van der Waals surface area contributed by atoms with E-state index in [1.807, 2.05) is 43.6 Å². The molecule has 7 nitrogen and oxygen atoms in total. The Labute approximate surface area is 155 Å². The van der Waals surface area contributed by atoms with E-state index in [-0.39, 0.29) is 11.9 Å². The zero-order valence-corrected chi connectivity index (χ0v) is 15.4. The summed E-state index contributed by atoms with van der Waals surface area (Å²) < 4.78 is 4.71. The number of hydrogen-bond acceptors (Lipinski definition) is 6. The molecule has 138 valence electrons. The second kappa shape index (κ2) is 7.84. The lowest BCUT2D eigenvalue weighted by Gasteiger charge is -2.18. The lowest BCUT2D eigenvalue weighted by atomic mass is 10.0. The number of carboxylic acid groups (broad SMARTS) is 1. The van der Waals surface area contributed by atoms with E-state index < -0.39 is 18.3 Å². The van der Waals surface area contributed by atoms with Gasteiger partial charge in [-0.3, -0.25) is 4.79 Å². The van der Waals surface area contributed by atoms with Crippen molar-refractivity contribution >= 4 is 23.4 Å². The molecule has 0 aliphatic carbocycles. The molecular formula is C18H21N3O4S. The fourth-order valence-corrected chi connectivity index (χ4v) is 3.85. The number of aryl methyl sites for hydroxylation is 1. The van der Waals surface area contributed by atoms with E-state index in [9.17, 15) is 9.59 Å². The monoisotopic (exact) mass is 375 g/mol. The zero-order valence-electron chi connectivity index (χ0n) is 14.6. The Hall–Kier alpha value is -2.45. The number of amides is 1. The van der Waals surface area contributed by atoms with Gasteiger partial charge < -0.3 is 20.5 Å². The Morgan fingerprint density at radius 1 is 1.38 bits per heavy atom. The summed E-state index contributed by atoms with van der Waals surface area (Å²) in [5.41, 5.74) is 4.95. The van der Waals surface area contributed by atoms with Crippen LogP contribution in [0.3, 0.4) is 0 Å². The Kier molecular flexibility index (Phi) is 5.53. The lowest BCUT2D eigenvalue weighted by Crippen LogP contribution is -2.41. The molecular weight excluding hydrogens is 354 g/mol. The molecule has 1 saturated heterocycles. The molecule has 3 rings (SSSR count). The minimum absolute atomic E-state index is 0.152. The van der Waals surface area contributed by atoms with Gasteiger partial charge in [0.2, 0.25) is 5.91 Å². The predicted molar refractivity (Wildman–Crippen MR) is 98.2 cm³/mol. The van der Waals surface area contributed by atoms with Crippen molar-refractivity contribution in [2.45, 2.75) is 38.5 Å². The van der Waals surface area contributed by atoms with Crippen LogP contribution in [0.5, 0.6) is 0 Å². The molecule has 3 N–H and O–H groups in total.